The second kappa shape index (κ2) is 5.78. The Labute approximate surface area is 126 Å². The fraction of sp³-hybridized carbons (Fsp3) is 0.611. The molecule has 0 unspecified atom stereocenters. The number of carbonyl (C=O) groups is 1. The van der Waals surface area contributed by atoms with E-state index in [1.807, 2.05) is 39.8 Å². The van der Waals surface area contributed by atoms with Crippen LogP contribution in [0.2, 0.25) is 0 Å². The lowest BCUT2D eigenvalue weighted by Crippen LogP contribution is -2.31. The summed E-state index contributed by atoms with van der Waals surface area (Å²) in [6, 6.07) is 5.44. The van der Waals surface area contributed by atoms with Crippen molar-refractivity contribution in [2.24, 2.45) is 11.8 Å². The number of ether oxygens (including phenoxy) is 1. The van der Waals surface area contributed by atoms with E-state index in [0.29, 0.717) is 17.0 Å². The normalized spacial score (nSPS) is 18.2. The Hall–Kier alpha value is -1.38. The van der Waals surface area contributed by atoms with Crippen molar-refractivity contribution in [3.05, 3.63) is 35.1 Å². The van der Waals surface area contributed by atoms with Gasteiger partial charge in [-0.2, -0.15) is 0 Å². The Morgan fingerprint density at radius 1 is 1.33 bits per heavy atom. The molecule has 0 spiro atoms. The van der Waals surface area contributed by atoms with E-state index in [4.69, 9.17) is 4.74 Å². The topological polar surface area (TPSA) is 26.3 Å². The van der Waals surface area contributed by atoms with E-state index in [2.05, 4.69) is 0 Å². The number of hydrogen-bond acceptors (Lipinski definition) is 2. The molecule has 0 N–H and O–H groups in total. The first-order valence-electron chi connectivity index (χ1n) is 7.68. The second-order valence-corrected chi connectivity index (χ2v) is 7.16. The molecule has 0 amide bonds. The van der Waals surface area contributed by atoms with Crippen LogP contribution in [0.4, 0.5) is 4.39 Å². The average Bonchev–Trinajstić information content (AvgIpc) is 3.17. The Balaban J connectivity index is 2.27. The van der Waals surface area contributed by atoms with Crippen molar-refractivity contribution in [2.75, 3.05) is 0 Å². The minimum Gasteiger partial charge on any atom is -0.460 e. The summed E-state index contributed by atoms with van der Waals surface area (Å²) >= 11 is 0. The zero-order valence-electron chi connectivity index (χ0n) is 13.6. The monoisotopic (exact) mass is 292 g/mol. The summed E-state index contributed by atoms with van der Waals surface area (Å²) in [4.78, 5) is 12.4. The van der Waals surface area contributed by atoms with E-state index in [1.54, 1.807) is 13.0 Å². The average molecular weight is 292 g/mol. The molecule has 1 fully saturated rings. The van der Waals surface area contributed by atoms with E-state index >= 15 is 0 Å². The van der Waals surface area contributed by atoms with Gasteiger partial charge in [-0.1, -0.05) is 25.1 Å². The summed E-state index contributed by atoms with van der Waals surface area (Å²) in [5, 5.41) is 0. The highest BCUT2D eigenvalue weighted by molar-refractivity contribution is 5.74. The molecule has 1 aromatic rings. The predicted molar refractivity (Wildman–Crippen MR) is 81.6 cm³/mol. The molecule has 1 aromatic carbocycles. The maximum absolute atomic E-state index is 14.4. The van der Waals surface area contributed by atoms with Gasteiger partial charge >= 0.3 is 5.97 Å². The standard InChI is InChI=1S/C18H25FO2/c1-11-7-6-8-14(16(11)19)15(13-9-10-13)12(2)17(20)21-18(3,4)5/h6-8,12-13,15H,9-10H2,1-5H3/t12-,15-/m0/s1. The van der Waals surface area contributed by atoms with Crippen LogP contribution in [0.3, 0.4) is 0 Å². The van der Waals surface area contributed by atoms with Crippen LogP contribution in [-0.2, 0) is 9.53 Å². The minimum absolute atomic E-state index is 0.0836. The van der Waals surface area contributed by atoms with Crippen LogP contribution in [0.1, 0.15) is 57.6 Å². The minimum atomic E-state index is -0.509. The van der Waals surface area contributed by atoms with Gasteiger partial charge in [0, 0.05) is 5.92 Å². The summed E-state index contributed by atoms with van der Waals surface area (Å²) in [7, 11) is 0. The van der Waals surface area contributed by atoms with Crippen LogP contribution in [0.5, 0.6) is 0 Å². The van der Waals surface area contributed by atoms with Crippen molar-refractivity contribution in [1.29, 1.82) is 0 Å². The van der Waals surface area contributed by atoms with E-state index in [0.717, 1.165) is 12.8 Å². The highest BCUT2D eigenvalue weighted by Crippen LogP contribution is 2.48. The first-order valence-corrected chi connectivity index (χ1v) is 7.68. The number of aryl methyl sites for hydroxylation is 1. The zero-order valence-corrected chi connectivity index (χ0v) is 13.6. The summed E-state index contributed by atoms with van der Waals surface area (Å²) in [6.07, 6.45) is 2.12. The molecule has 116 valence electrons. The maximum Gasteiger partial charge on any atom is 0.309 e. The predicted octanol–water partition coefficient (Wildman–Crippen LogP) is 4.61. The van der Waals surface area contributed by atoms with E-state index in [1.165, 1.54) is 0 Å². The molecule has 0 aromatic heterocycles. The maximum atomic E-state index is 14.4. The fourth-order valence-corrected chi connectivity index (χ4v) is 2.86. The molecule has 1 aliphatic carbocycles. The van der Waals surface area contributed by atoms with Crippen LogP contribution < -0.4 is 0 Å². The van der Waals surface area contributed by atoms with Crippen molar-refractivity contribution < 1.29 is 13.9 Å². The molecule has 21 heavy (non-hydrogen) atoms. The third-order valence-corrected chi connectivity index (χ3v) is 4.03. The van der Waals surface area contributed by atoms with E-state index in [9.17, 15) is 9.18 Å². The Morgan fingerprint density at radius 3 is 2.48 bits per heavy atom. The third-order valence-electron chi connectivity index (χ3n) is 4.03. The molecule has 0 saturated heterocycles. The van der Waals surface area contributed by atoms with Crippen molar-refractivity contribution in [1.82, 2.24) is 0 Å². The highest BCUT2D eigenvalue weighted by atomic mass is 19.1. The van der Waals surface area contributed by atoms with Crippen LogP contribution in [0, 0.1) is 24.6 Å². The highest BCUT2D eigenvalue weighted by Gasteiger charge is 2.41. The Kier molecular flexibility index (Phi) is 4.40. The number of halogens is 1. The van der Waals surface area contributed by atoms with Gasteiger partial charge in [-0.05, 0) is 57.6 Å². The van der Waals surface area contributed by atoms with Crippen molar-refractivity contribution >= 4 is 5.97 Å². The van der Waals surface area contributed by atoms with Gasteiger partial charge in [0.05, 0.1) is 5.92 Å². The molecular weight excluding hydrogens is 267 g/mol. The SMILES string of the molecule is Cc1cccc([C@H](C2CC2)[C@H](C)C(=O)OC(C)(C)C)c1F. The molecule has 2 nitrogen and oxygen atoms in total. The number of benzene rings is 1. The lowest BCUT2D eigenvalue weighted by atomic mass is 9.82. The smallest absolute Gasteiger partial charge is 0.309 e. The first kappa shape index (κ1) is 16.0. The molecule has 0 bridgehead atoms. The number of esters is 1. The van der Waals surface area contributed by atoms with Gasteiger partial charge in [0.1, 0.15) is 11.4 Å². The van der Waals surface area contributed by atoms with Crippen LogP contribution in [0.15, 0.2) is 18.2 Å². The van der Waals surface area contributed by atoms with Crippen molar-refractivity contribution in [3.8, 4) is 0 Å². The number of carbonyl (C=O) groups excluding carboxylic acids is 1. The Morgan fingerprint density at radius 2 is 1.95 bits per heavy atom. The molecule has 2 rings (SSSR count). The zero-order chi connectivity index (χ0) is 15.8. The van der Waals surface area contributed by atoms with Crippen LogP contribution >= 0.6 is 0 Å². The molecule has 1 saturated carbocycles. The molecule has 0 aliphatic heterocycles. The number of hydrogen-bond donors (Lipinski definition) is 0. The summed E-state index contributed by atoms with van der Waals surface area (Å²) in [6.45, 7) is 9.20. The second-order valence-electron chi connectivity index (χ2n) is 7.16. The summed E-state index contributed by atoms with van der Waals surface area (Å²) in [5.41, 5.74) is 0.787. The van der Waals surface area contributed by atoms with Gasteiger partial charge in [0.25, 0.3) is 0 Å². The fourth-order valence-electron chi connectivity index (χ4n) is 2.86. The van der Waals surface area contributed by atoms with Gasteiger partial charge in [0.2, 0.25) is 0 Å². The van der Waals surface area contributed by atoms with Crippen molar-refractivity contribution in [2.45, 2.75) is 59.0 Å². The molecule has 2 atom stereocenters. The largest absolute Gasteiger partial charge is 0.460 e. The lowest BCUT2D eigenvalue weighted by molar-refractivity contribution is -0.160. The quantitative estimate of drug-likeness (QED) is 0.758. The van der Waals surface area contributed by atoms with Gasteiger partial charge in [0.15, 0.2) is 0 Å². The van der Waals surface area contributed by atoms with E-state index in [-0.39, 0.29) is 23.6 Å². The van der Waals surface area contributed by atoms with Gasteiger partial charge in [-0.15, -0.1) is 0 Å². The molecule has 0 heterocycles. The third kappa shape index (κ3) is 3.84. The van der Waals surface area contributed by atoms with Crippen molar-refractivity contribution in [3.63, 3.8) is 0 Å². The summed E-state index contributed by atoms with van der Waals surface area (Å²) in [5.74, 6) is -0.429. The van der Waals surface area contributed by atoms with Crippen LogP contribution in [-0.4, -0.2) is 11.6 Å². The van der Waals surface area contributed by atoms with E-state index < -0.39 is 5.60 Å². The van der Waals surface area contributed by atoms with Gasteiger partial charge in [-0.25, -0.2) is 4.39 Å². The van der Waals surface area contributed by atoms with Crippen LogP contribution in [0.25, 0.3) is 0 Å². The molecule has 3 heteroatoms. The number of rotatable bonds is 4. The first-order chi connectivity index (χ1) is 9.70. The molecule has 1 aliphatic rings. The molecular formula is C18H25FO2. The van der Waals surface area contributed by atoms with Gasteiger partial charge < -0.3 is 4.74 Å². The Bertz CT molecular complexity index is 527. The lowest BCUT2D eigenvalue weighted by Gasteiger charge is -2.28. The summed E-state index contributed by atoms with van der Waals surface area (Å²) < 4.78 is 19.9. The van der Waals surface area contributed by atoms with Gasteiger partial charge in [-0.3, -0.25) is 4.79 Å². The molecule has 0 radical (unpaired) electrons.